The second-order valence-electron chi connectivity index (χ2n) is 5.23. The summed E-state index contributed by atoms with van der Waals surface area (Å²) in [4.78, 5) is 13.8. The molecule has 0 aliphatic carbocycles. The average Bonchev–Trinajstić information content (AvgIpc) is 2.54. The molecule has 2 rings (SSSR count). The molecular formula is C16H20F2N2O3. The van der Waals surface area contributed by atoms with Crippen LogP contribution >= 0.6 is 0 Å². The molecule has 1 heterocycles. The van der Waals surface area contributed by atoms with Gasteiger partial charge in [-0.25, -0.2) is 4.79 Å². The summed E-state index contributed by atoms with van der Waals surface area (Å²) in [5, 5.41) is 2.80. The lowest BCUT2D eigenvalue weighted by atomic mass is 10.1. The zero-order valence-electron chi connectivity index (χ0n) is 12.9. The van der Waals surface area contributed by atoms with Crippen molar-refractivity contribution >= 4 is 6.03 Å². The van der Waals surface area contributed by atoms with Crippen molar-refractivity contribution in [1.82, 2.24) is 10.2 Å². The van der Waals surface area contributed by atoms with Crippen LogP contribution in [0.15, 0.2) is 36.9 Å². The first-order valence-corrected chi connectivity index (χ1v) is 7.34. The van der Waals surface area contributed by atoms with Crippen LogP contribution in [0.1, 0.15) is 18.6 Å². The molecule has 1 saturated heterocycles. The van der Waals surface area contributed by atoms with Gasteiger partial charge in [0, 0.05) is 12.6 Å². The Balaban J connectivity index is 2.03. The first-order chi connectivity index (χ1) is 11.0. The summed E-state index contributed by atoms with van der Waals surface area (Å²) in [6, 6.07) is 6.00. The lowest BCUT2D eigenvalue weighted by Gasteiger charge is -2.33. The van der Waals surface area contributed by atoms with Crippen molar-refractivity contribution in [3.63, 3.8) is 0 Å². The number of amides is 2. The number of benzene rings is 1. The van der Waals surface area contributed by atoms with Gasteiger partial charge in [0.15, 0.2) is 0 Å². The van der Waals surface area contributed by atoms with E-state index in [1.807, 2.05) is 6.92 Å². The van der Waals surface area contributed by atoms with Crippen molar-refractivity contribution in [2.24, 2.45) is 0 Å². The van der Waals surface area contributed by atoms with E-state index in [-0.39, 0.29) is 23.9 Å². The molecule has 0 aromatic heterocycles. The Morgan fingerprint density at radius 3 is 3.04 bits per heavy atom. The van der Waals surface area contributed by atoms with E-state index in [1.165, 1.54) is 12.1 Å². The maximum atomic E-state index is 12.3. The van der Waals surface area contributed by atoms with E-state index in [2.05, 4.69) is 16.6 Å². The fourth-order valence-electron chi connectivity index (χ4n) is 2.27. The van der Waals surface area contributed by atoms with E-state index in [4.69, 9.17) is 4.74 Å². The number of urea groups is 1. The zero-order chi connectivity index (χ0) is 16.8. The summed E-state index contributed by atoms with van der Waals surface area (Å²) in [5.41, 5.74) is 0.692. The first kappa shape index (κ1) is 17.2. The van der Waals surface area contributed by atoms with Gasteiger partial charge in [0.05, 0.1) is 13.2 Å². The lowest BCUT2D eigenvalue weighted by molar-refractivity contribution is -0.0503. The summed E-state index contributed by atoms with van der Waals surface area (Å²) in [6.07, 6.45) is 1.26. The molecule has 7 heteroatoms. The van der Waals surface area contributed by atoms with Crippen molar-refractivity contribution in [1.29, 1.82) is 0 Å². The van der Waals surface area contributed by atoms with Gasteiger partial charge in [-0.1, -0.05) is 18.2 Å². The monoisotopic (exact) mass is 326 g/mol. The van der Waals surface area contributed by atoms with Gasteiger partial charge < -0.3 is 19.7 Å². The molecule has 1 aliphatic rings. The predicted molar refractivity (Wildman–Crippen MR) is 81.5 cm³/mol. The summed E-state index contributed by atoms with van der Waals surface area (Å²) in [7, 11) is 0. The molecule has 0 bridgehead atoms. The highest BCUT2D eigenvalue weighted by atomic mass is 19.3. The number of ether oxygens (including phenoxy) is 2. The van der Waals surface area contributed by atoms with Crippen molar-refractivity contribution in [2.45, 2.75) is 25.7 Å². The van der Waals surface area contributed by atoms with Crippen molar-refractivity contribution in [3.8, 4) is 5.75 Å². The van der Waals surface area contributed by atoms with Gasteiger partial charge in [-0.15, -0.1) is 6.58 Å². The quantitative estimate of drug-likeness (QED) is 0.847. The predicted octanol–water partition coefficient (Wildman–Crippen LogP) is 2.95. The van der Waals surface area contributed by atoms with Crippen LogP contribution in [0, 0.1) is 0 Å². The number of hydrogen-bond acceptors (Lipinski definition) is 3. The number of morpholine rings is 1. The Morgan fingerprint density at radius 2 is 2.35 bits per heavy atom. The number of carbonyl (C=O) groups is 1. The largest absolute Gasteiger partial charge is 0.435 e. The molecule has 0 unspecified atom stereocenters. The van der Waals surface area contributed by atoms with Crippen LogP contribution in [0.25, 0.3) is 0 Å². The van der Waals surface area contributed by atoms with E-state index in [0.29, 0.717) is 25.3 Å². The third-order valence-corrected chi connectivity index (χ3v) is 3.51. The van der Waals surface area contributed by atoms with E-state index < -0.39 is 6.61 Å². The van der Waals surface area contributed by atoms with Gasteiger partial charge >= 0.3 is 12.6 Å². The summed E-state index contributed by atoms with van der Waals surface area (Å²) < 4.78 is 34.6. The molecule has 1 aromatic carbocycles. The zero-order valence-corrected chi connectivity index (χ0v) is 12.9. The van der Waals surface area contributed by atoms with Crippen LogP contribution in [0.3, 0.4) is 0 Å². The SMILES string of the molecule is C=C[C@H](C)NC(=O)N1CCO[C@H](c2cccc(OC(F)F)c2)C1. The minimum Gasteiger partial charge on any atom is -0.435 e. The van der Waals surface area contributed by atoms with E-state index in [0.717, 1.165) is 0 Å². The van der Waals surface area contributed by atoms with E-state index in [1.54, 1.807) is 23.1 Å². The van der Waals surface area contributed by atoms with Gasteiger partial charge in [-0.05, 0) is 24.6 Å². The summed E-state index contributed by atoms with van der Waals surface area (Å²) in [6.45, 7) is 3.76. The molecule has 2 amide bonds. The Bertz CT molecular complexity index is 554. The van der Waals surface area contributed by atoms with Crippen molar-refractivity contribution < 1.29 is 23.0 Å². The van der Waals surface area contributed by atoms with Crippen LogP contribution in [-0.4, -0.2) is 43.3 Å². The third kappa shape index (κ3) is 4.92. The highest BCUT2D eigenvalue weighted by molar-refractivity contribution is 5.74. The number of halogens is 2. The molecule has 1 fully saturated rings. The highest BCUT2D eigenvalue weighted by Gasteiger charge is 2.26. The van der Waals surface area contributed by atoms with Crippen LogP contribution in [0.2, 0.25) is 0 Å². The normalized spacial score (nSPS) is 19.3. The number of carbonyl (C=O) groups excluding carboxylic acids is 1. The molecule has 0 spiro atoms. The van der Waals surface area contributed by atoms with Crippen LogP contribution in [0.5, 0.6) is 5.75 Å². The highest BCUT2D eigenvalue weighted by Crippen LogP contribution is 2.26. The smallest absolute Gasteiger partial charge is 0.387 e. The number of alkyl halides is 2. The molecular weight excluding hydrogens is 306 g/mol. The van der Waals surface area contributed by atoms with Gasteiger partial charge in [-0.3, -0.25) is 0 Å². The van der Waals surface area contributed by atoms with Gasteiger partial charge in [0.2, 0.25) is 0 Å². The van der Waals surface area contributed by atoms with Crippen molar-refractivity contribution in [3.05, 3.63) is 42.5 Å². The molecule has 126 valence electrons. The molecule has 1 aliphatic heterocycles. The molecule has 1 N–H and O–H groups in total. The number of nitrogens with zero attached hydrogens (tertiary/aromatic N) is 1. The number of hydrogen-bond donors (Lipinski definition) is 1. The maximum absolute atomic E-state index is 12.3. The third-order valence-electron chi connectivity index (χ3n) is 3.51. The average molecular weight is 326 g/mol. The second-order valence-corrected chi connectivity index (χ2v) is 5.23. The summed E-state index contributed by atoms with van der Waals surface area (Å²) >= 11 is 0. The van der Waals surface area contributed by atoms with Crippen LogP contribution in [-0.2, 0) is 4.74 Å². The van der Waals surface area contributed by atoms with Crippen LogP contribution < -0.4 is 10.1 Å². The Labute approximate surface area is 133 Å². The minimum absolute atomic E-state index is 0.0722. The fourth-order valence-corrected chi connectivity index (χ4v) is 2.27. The molecule has 1 aromatic rings. The number of rotatable bonds is 5. The van der Waals surface area contributed by atoms with Gasteiger partial charge in [0.25, 0.3) is 0 Å². The van der Waals surface area contributed by atoms with E-state index >= 15 is 0 Å². The fraction of sp³-hybridized carbons (Fsp3) is 0.438. The molecule has 0 saturated carbocycles. The molecule has 2 atom stereocenters. The molecule has 5 nitrogen and oxygen atoms in total. The Hall–Kier alpha value is -2.15. The topological polar surface area (TPSA) is 50.8 Å². The van der Waals surface area contributed by atoms with Gasteiger partial charge in [-0.2, -0.15) is 8.78 Å². The maximum Gasteiger partial charge on any atom is 0.387 e. The Kier molecular flexibility index (Phi) is 5.92. The lowest BCUT2D eigenvalue weighted by Crippen LogP contribution is -2.49. The van der Waals surface area contributed by atoms with E-state index in [9.17, 15) is 13.6 Å². The second kappa shape index (κ2) is 7.92. The molecule has 0 radical (unpaired) electrons. The molecule has 23 heavy (non-hydrogen) atoms. The Morgan fingerprint density at radius 1 is 1.57 bits per heavy atom. The van der Waals surface area contributed by atoms with Gasteiger partial charge in [0.1, 0.15) is 11.9 Å². The van der Waals surface area contributed by atoms with Crippen LogP contribution in [0.4, 0.5) is 13.6 Å². The number of nitrogens with one attached hydrogen (secondary N) is 1. The standard InChI is InChI=1S/C16H20F2N2O3/c1-3-11(2)19-16(21)20-7-8-22-14(10-20)12-5-4-6-13(9-12)23-15(17)18/h3-6,9,11,14-15H,1,7-8,10H2,2H3,(H,19,21)/t11-,14-/m0/s1. The minimum atomic E-state index is -2.87. The first-order valence-electron chi connectivity index (χ1n) is 7.34. The van der Waals surface area contributed by atoms with Crippen molar-refractivity contribution in [2.75, 3.05) is 19.7 Å². The summed E-state index contributed by atoms with van der Waals surface area (Å²) in [5.74, 6) is 0.0722.